The van der Waals surface area contributed by atoms with Crippen molar-refractivity contribution >= 4 is 5.97 Å². The van der Waals surface area contributed by atoms with Crippen molar-refractivity contribution in [2.75, 3.05) is 6.61 Å². The topological polar surface area (TPSA) is 81.7 Å². The smallest absolute Gasteiger partial charge is 0.340 e. The second kappa shape index (κ2) is 16.2. The van der Waals surface area contributed by atoms with Crippen LogP contribution in [-0.4, -0.2) is 31.1 Å². The Morgan fingerprint density at radius 3 is 1.65 bits per heavy atom. The van der Waals surface area contributed by atoms with E-state index in [1.807, 2.05) is 128 Å². The Kier molecular flexibility index (Phi) is 10.9. The first-order valence-corrected chi connectivity index (χ1v) is 17.4. The van der Waals surface area contributed by atoms with Crippen LogP contribution in [0.4, 0.5) is 0 Å². The lowest BCUT2D eigenvalue weighted by molar-refractivity contribution is -0.334. The largest absolute Gasteiger partial charge is 0.485 e. The fourth-order valence-corrected chi connectivity index (χ4v) is 6.31. The molecule has 2 saturated heterocycles. The van der Waals surface area contributed by atoms with E-state index in [1.54, 1.807) is 12.1 Å². The van der Waals surface area contributed by atoms with Crippen molar-refractivity contribution in [2.24, 2.45) is 11.8 Å². The summed E-state index contributed by atoms with van der Waals surface area (Å²) < 4.78 is 44.0. The van der Waals surface area contributed by atoms with Crippen LogP contribution in [0.1, 0.15) is 52.7 Å². The SMILES string of the molecule is CC1[C@H](OC(=O)c2cc(OCc3ccccc3)c(OCc3ccccc3)c(OCc3ccccc3)c2)OC2COC(c3ccccc3)O[C@H]2[C@@H]1C. The predicted octanol–water partition coefficient (Wildman–Crippen LogP) is 8.69. The third-order valence-electron chi connectivity index (χ3n) is 9.40. The predicted molar refractivity (Wildman–Crippen MR) is 191 cm³/mol. The fraction of sp³-hybridized carbons (Fsp3) is 0.279. The highest BCUT2D eigenvalue weighted by atomic mass is 16.7. The molecule has 0 aromatic heterocycles. The van der Waals surface area contributed by atoms with E-state index in [0.717, 1.165) is 22.3 Å². The summed E-state index contributed by atoms with van der Waals surface area (Å²) in [6.45, 7) is 5.22. The number of esters is 1. The molecular weight excluding hydrogens is 644 g/mol. The van der Waals surface area contributed by atoms with Crippen LogP contribution in [-0.2, 0) is 38.8 Å². The number of hydrogen-bond donors (Lipinski definition) is 0. The minimum Gasteiger partial charge on any atom is -0.485 e. The van der Waals surface area contributed by atoms with Crippen molar-refractivity contribution in [3.63, 3.8) is 0 Å². The third kappa shape index (κ3) is 8.43. The van der Waals surface area contributed by atoms with E-state index >= 15 is 0 Å². The summed E-state index contributed by atoms with van der Waals surface area (Å²) in [5.74, 6) is 0.422. The number of carbonyl (C=O) groups excluding carboxylic acids is 1. The normalized spacial score (nSPS) is 22.7. The van der Waals surface area contributed by atoms with Crippen LogP contribution in [0, 0.1) is 11.8 Å². The Morgan fingerprint density at radius 1 is 0.627 bits per heavy atom. The Labute approximate surface area is 298 Å². The lowest BCUT2D eigenvalue weighted by Gasteiger charge is -2.47. The van der Waals surface area contributed by atoms with E-state index in [9.17, 15) is 4.79 Å². The van der Waals surface area contributed by atoms with E-state index in [4.69, 9.17) is 33.2 Å². The molecule has 0 N–H and O–H groups in total. The second-order valence-corrected chi connectivity index (χ2v) is 13.0. The average Bonchev–Trinajstić information content (AvgIpc) is 3.19. The molecule has 0 spiro atoms. The maximum atomic E-state index is 14.0. The van der Waals surface area contributed by atoms with Gasteiger partial charge in [0.15, 0.2) is 17.8 Å². The summed E-state index contributed by atoms with van der Waals surface area (Å²) in [6, 6.07) is 42.7. The molecule has 8 heteroatoms. The minimum atomic E-state index is -0.814. The van der Waals surface area contributed by atoms with Crippen LogP contribution in [0.5, 0.6) is 17.2 Å². The quantitative estimate of drug-likeness (QED) is 0.121. The standard InChI is InChI=1S/C43H42O8/c1-29-30(2)42(49-38-28-48-43(50-39(29)38)34-21-13-6-14-22-34)51-41(44)35-23-36(45-25-31-15-7-3-8-16-31)40(47-27-33-19-11-5-12-20-33)37(24-35)46-26-32-17-9-4-10-18-32/h3-24,29-30,38-39,42-43H,25-28H2,1-2H3/t29-,30?,38?,39+,42+,43?/m1/s1. The van der Waals surface area contributed by atoms with Gasteiger partial charge in [0, 0.05) is 11.5 Å². The summed E-state index contributed by atoms with van der Waals surface area (Å²) in [5, 5.41) is 0. The van der Waals surface area contributed by atoms with Gasteiger partial charge in [0.25, 0.3) is 0 Å². The number of benzene rings is 5. The number of hydrogen-bond acceptors (Lipinski definition) is 8. The Morgan fingerprint density at radius 2 is 1.12 bits per heavy atom. The van der Waals surface area contributed by atoms with Crippen LogP contribution in [0.2, 0.25) is 0 Å². The van der Waals surface area contributed by atoms with Gasteiger partial charge in [0.2, 0.25) is 12.0 Å². The molecule has 5 aromatic rings. The van der Waals surface area contributed by atoms with Crippen molar-refractivity contribution in [3.05, 3.63) is 161 Å². The fourth-order valence-electron chi connectivity index (χ4n) is 6.31. The summed E-state index contributed by atoms with van der Waals surface area (Å²) >= 11 is 0. The van der Waals surface area contributed by atoms with Gasteiger partial charge in [-0.3, -0.25) is 0 Å². The van der Waals surface area contributed by atoms with Gasteiger partial charge in [-0.15, -0.1) is 0 Å². The van der Waals surface area contributed by atoms with Crippen LogP contribution < -0.4 is 14.2 Å². The minimum absolute atomic E-state index is 0.0277. The molecule has 0 bridgehead atoms. The van der Waals surface area contributed by atoms with Crippen molar-refractivity contribution in [1.82, 2.24) is 0 Å². The van der Waals surface area contributed by atoms with Gasteiger partial charge in [0.1, 0.15) is 25.9 Å². The zero-order chi connectivity index (χ0) is 35.0. The second-order valence-electron chi connectivity index (χ2n) is 13.0. The van der Waals surface area contributed by atoms with Crippen LogP contribution in [0.15, 0.2) is 133 Å². The van der Waals surface area contributed by atoms with Crippen molar-refractivity contribution < 1.29 is 38.0 Å². The van der Waals surface area contributed by atoms with Gasteiger partial charge >= 0.3 is 5.97 Å². The highest BCUT2D eigenvalue weighted by molar-refractivity contribution is 5.91. The van der Waals surface area contributed by atoms with Gasteiger partial charge < -0.3 is 33.2 Å². The molecule has 8 nitrogen and oxygen atoms in total. The Bertz CT molecular complexity index is 1780. The summed E-state index contributed by atoms with van der Waals surface area (Å²) in [5.41, 5.74) is 4.11. The Hall–Kier alpha value is -5.15. The molecule has 262 valence electrons. The van der Waals surface area contributed by atoms with Crippen molar-refractivity contribution in [1.29, 1.82) is 0 Å². The highest BCUT2D eigenvalue weighted by Gasteiger charge is 2.47. The van der Waals surface area contributed by atoms with Gasteiger partial charge in [-0.25, -0.2) is 4.79 Å². The van der Waals surface area contributed by atoms with Gasteiger partial charge in [-0.2, -0.15) is 0 Å². The summed E-state index contributed by atoms with van der Waals surface area (Å²) in [4.78, 5) is 14.0. The maximum absolute atomic E-state index is 14.0. The molecule has 0 aliphatic carbocycles. The maximum Gasteiger partial charge on any atom is 0.340 e. The number of rotatable bonds is 12. The molecule has 0 saturated carbocycles. The third-order valence-corrected chi connectivity index (χ3v) is 9.40. The lowest BCUT2D eigenvalue weighted by atomic mass is 9.84. The monoisotopic (exact) mass is 686 g/mol. The molecule has 6 atom stereocenters. The van der Waals surface area contributed by atoms with Crippen LogP contribution in [0.25, 0.3) is 0 Å². The number of carbonyl (C=O) groups is 1. The molecule has 5 aromatic carbocycles. The van der Waals surface area contributed by atoms with E-state index in [1.165, 1.54) is 0 Å². The van der Waals surface area contributed by atoms with E-state index in [0.29, 0.717) is 23.9 Å². The van der Waals surface area contributed by atoms with Gasteiger partial charge in [-0.05, 0) is 34.7 Å². The van der Waals surface area contributed by atoms with E-state index in [2.05, 4.69) is 6.92 Å². The van der Waals surface area contributed by atoms with Gasteiger partial charge in [0.05, 0.1) is 18.3 Å². The number of ether oxygens (including phenoxy) is 7. The molecule has 2 aliphatic rings. The van der Waals surface area contributed by atoms with Crippen molar-refractivity contribution in [2.45, 2.75) is 58.5 Å². The molecule has 0 amide bonds. The first-order valence-electron chi connectivity index (χ1n) is 17.4. The summed E-state index contributed by atoms with van der Waals surface area (Å²) in [7, 11) is 0. The zero-order valence-electron chi connectivity index (χ0n) is 28.8. The van der Waals surface area contributed by atoms with Crippen LogP contribution >= 0.6 is 0 Å². The molecular formula is C43H42O8. The molecule has 7 rings (SSSR count). The Balaban J connectivity index is 1.14. The molecule has 51 heavy (non-hydrogen) atoms. The first-order chi connectivity index (χ1) is 25.0. The highest BCUT2D eigenvalue weighted by Crippen LogP contribution is 2.42. The van der Waals surface area contributed by atoms with E-state index in [-0.39, 0.29) is 43.3 Å². The van der Waals surface area contributed by atoms with Crippen molar-refractivity contribution in [3.8, 4) is 17.2 Å². The molecule has 0 radical (unpaired) electrons. The molecule has 3 unspecified atom stereocenters. The summed E-state index contributed by atoms with van der Waals surface area (Å²) in [6.07, 6.45) is -1.90. The van der Waals surface area contributed by atoms with Gasteiger partial charge in [-0.1, -0.05) is 135 Å². The van der Waals surface area contributed by atoms with Crippen LogP contribution in [0.3, 0.4) is 0 Å². The number of fused-ring (bicyclic) bond motifs is 1. The average molecular weight is 687 g/mol. The lowest BCUT2D eigenvalue weighted by Crippen LogP contribution is -2.56. The first kappa shape index (κ1) is 34.3. The molecule has 2 aliphatic heterocycles. The zero-order valence-corrected chi connectivity index (χ0v) is 28.8. The molecule has 2 heterocycles. The molecule has 2 fully saturated rings. The van der Waals surface area contributed by atoms with E-state index < -0.39 is 24.7 Å².